The van der Waals surface area contributed by atoms with Crippen LogP contribution in [-0.2, 0) is 0 Å². The van der Waals surface area contributed by atoms with Crippen LogP contribution in [0.3, 0.4) is 0 Å². The normalized spacial score (nSPS) is 27.9. The molecule has 0 aromatic carbocycles. The average Bonchev–Trinajstić information content (AvgIpc) is 2.78. The summed E-state index contributed by atoms with van der Waals surface area (Å²) in [5.41, 5.74) is 7.00. The SMILES string of the molecule is CCC1CCC(n2cc(C(C)N)cn2)CC1. The molecule has 1 unspecified atom stereocenters. The van der Waals surface area contributed by atoms with Crippen molar-refractivity contribution in [2.24, 2.45) is 11.7 Å². The molecule has 1 atom stereocenters. The summed E-state index contributed by atoms with van der Waals surface area (Å²) >= 11 is 0. The van der Waals surface area contributed by atoms with Gasteiger partial charge in [-0.2, -0.15) is 5.10 Å². The molecule has 3 heteroatoms. The molecular weight excluding hydrogens is 198 g/mol. The molecule has 3 nitrogen and oxygen atoms in total. The summed E-state index contributed by atoms with van der Waals surface area (Å²) < 4.78 is 2.13. The van der Waals surface area contributed by atoms with Crippen LogP contribution < -0.4 is 5.73 Å². The lowest BCUT2D eigenvalue weighted by atomic mass is 9.85. The summed E-state index contributed by atoms with van der Waals surface area (Å²) in [6, 6.07) is 0.705. The van der Waals surface area contributed by atoms with Crippen LogP contribution in [0.15, 0.2) is 12.4 Å². The molecule has 1 aliphatic rings. The van der Waals surface area contributed by atoms with E-state index in [1.54, 1.807) is 0 Å². The molecule has 16 heavy (non-hydrogen) atoms. The minimum atomic E-state index is 0.0979. The van der Waals surface area contributed by atoms with Crippen molar-refractivity contribution in [1.29, 1.82) is 0 Å². The van der Waals surface area contributed by atoms with E-state index in [4.69, 9.17) is 5.73 Å². The van der Waals surface area contributed by atoms with Gasteiger partial charge < -0.3 is 5.73 Å². The molecule has 0 spiro atoms. The summed E-state index contributed by atoms with van der Waals surface area (Å²) in [6.45, 7) is 4.31. The number of hydrogen-bond acceptors (Lipinski definition) is 2. The van der Waals surface area contributed by atoms with Gasteiger partial charge in [0.05, 0.1) is 12.2 Å². The van der Waals surface area contributed by atoms with Crippen LogP contribution in [0, 0.1) is 5.92 Å². The first-order valence-corrected chi connectivity index (χ1v) is 6.50. The Bertz CT molecular complexity index is 322. The molecule has 0 amide bonds. The molecule has 90 valence electrons. The maximum Gasteiger partial charge on any atom is 0.0537 e. The van der Waals surface area contributed by atoms with Gasteiger partial charge in [-0.1, -0.05) is 13.3 Å². The maximum absolute atomic E-state index is 5.85. The van der Waals surface area contributed by atoms with Gasteiger partial charge in [0.15, 0.2) is 0 Å². The van der Waals surface area contributed by atoms with E-state index >= 15 is 0 Å². The van der Waals surface area contributed by atoms with Crippen LogP contribution >= 0.6 is 0 Å². The standard InChI is InChI=1S/C13H23N3/c1-3-11-4-6-13(7-5-11)16-9-12(8-15-16)10(2)14/h8-11,13H,3-7,14H2,1-2H3. The molecule has 0 radical (unpaired) electrons. The van der Waals surface area contributed by atoms with Crippen molar-refractivity contribution in [3.63, 3.8) is 0 Å². The van der Waals surface area contributed by atoms with Crippen molar-refractivity contribution in [3.05, 3.63) is 18.0 Å². The van der Waals surface area contributed by atoms with E-state index < -0.39 is 0 Å². The summed E-state index contributed by atoms with van der Waals surface area (Å²) in [5, 5.41) is 4.45. The van der Waals surface area contributed by atoms with Gasteiger partial charge in [0.2, 0.25) is 0 Å². The van der Waals surface area contributed by atoms with E-state index in [-0.39, 0.29) is 6.04 Å². The summed E-state index contributed by atoms with van der Waals surface area (Å²) in [6.07, 6.45) is 10.6. The summed E-state index contributed by atoms with van der Waals surface area (Å²) in [5.74, 6) is 0.944. The van der Waals surface area contributed by atoms with E-state index in [1.165, 1.54) is 32.1 Å². The fourth-order valence-corrected chi connectivity index (χ4v) is 2.61. The predicted octanol–water partition coefficient (Wildman–Crippen LogP) is 3.04. The minimum Gasteiger partial charge on any atom is -0.324 e. The zero-order chi connectivity index (χ0) is 11.5. The van der Waals surface area contributed by atoms with Gasteiger partial charge in [0, 0.05) is 17.8 Å². The molecule has 0 bridgehead atoms. The van der Waals surface area contributed by atoms with Crippen LogP contribution in [0.2, 0.25) is 0 Å². The highest BCUT2D eigenvalue weighted by atomic mass is 15.3. The number of nitrogens with zero attached hydrogens (tertiary/aromatic N) is 2. The molecule has 2 rings (SSSR count). The van der Waals surface area contributed by atoms with Crippen molar-refractivity contribution in [3.8, 4) is 0 Å². The zero-order valence-corrected chi connectivity index (χ0v) is 10.4. The first kappa shape index (κ1) is 11.6. The first-order chi connectivity index (χ1) is 7.70. The fraction of sp³-hybridized carbons (Fsp3) is 0.769. The van der Waals surface area contributed by atoms with Crippen LogP contribution in [0.1, 0.15) is 63.6 Å². The Hall–Kier alpha value is -0.830. The van der Waals surface area contributed by atoms with Gasteiger partial charge in [0.25, 0.3) is 0 Å². The highest BCUT2D eigenvalue weighted by Gasteiger charge is 2.21. The summed E-state index contributed by atoms with van der Waals surface area (Å²) in [4.78, 5) is 0. The van der Waals surface area contributed by atoms with Gasteiger partial charge in [0.1, 0.15) is 0 Å². The van der Waals surface area contributed by atoms with Gasteiger partial charge in [-0.15, -0.1) is 0 Å². The van der Waals surface area contributed by atoms with E-state index in [0.29, 0.717) is 6.04 Å². The maximum atomic E-state index is 5.85. The average molecular weight is 221 g/mol. The lowest BCUT2D eigenvalue weighted by Gasteiger charge is -2.27. The third-order valence-corrected chi connectivity index (χ3v) is 3.92. The molecule has 0 aliphatic heterocycles. The number of hydrogen-bond donors (Lipinski definition) is 1. The largest absolute Gasteiger partial charge is 0.324 e. The van der Waals surface area contributed by atoms with Crippen LogP contribution in [0.5, 0.6) is 0 Å². The third-order valence-electron chi connectivity index (χ3n) is 3.92. The van der Waals surface area contributed by atoms with E-state index in [0.717, 1.165) is 11.5 Å². The van der Waals surface area contributed by atoms with Gasteiger partial charge in [-0.3, -0.25) is 4.68 Å². The lowest BCUT2D eigenvalue weighted by molar-refractivity contribution is 0.256. The number of rotatable bonds is 3. The van der Waals surface area contributed by atoms with Crippen LogP contribution in [0.4, 0.5) is 0 Å². The van der Waals surface area contributed by atoms with Gasteiger partial charge in [-0.05, 0) is 38.5 Å². The second kappa shape index (κ2) is 5.00. The quantitative estimate of drug-likeness (QED) is 0.852. The van der Waals surface area contributed by atoms with Crippen molar-refractivity contribution in [2.75, 3.05) is 0 Å². The summed E-state index contributed by atoms with van der Waals surface area (Å²) in [7, 11) is 0. The Morgan fingerprint density at radius 1 is 1.44 bits per heavy atom. The fourth-order valence-electron chi connectivity index (χ4n) is 2.61. The van der Waals surface area contributed by atoms with Gasteiger partial charge >= 0.3 is 0 Å². The second-order valence-corrected chi connectivity index (χ2v) is 5.13. The van der Waals surface area contributed by atoms with Crippen molar-refractivity contribution >= 4 is 0 Å². The molecule has 1 saturated carbocycles. The molecule has 1 aliphatic carbocycles. The molecule has 1 heterocycles. The Balaban J connectivity index is 1.97. The van der Waals surface area contributed by atoms with Crippen molar-refractivity contribution < 1.29 is 0 Å². The van der Waals surface area contributed by atoms with Gasteiger partial charge in [-0.25, -0.2) is 0 Å². The molecule has 1 aromatic heterocycles. The smallest absolute Gasteiger partial charge is 0.0537 e. The Morgan fingerprint density at radius 3 is 2.62 bits per heavy atom. The molecule has 1 aromatic rings. The second-order valence-electron chi connectivity index (χ2n) is 5.13. The van der Waals surface area contributed by atoms with Crippen molar-refractivity contribution in [1.82, 2.24) is 9.78 Å². The monoisotopic (exact) mass is 221 g/mol. The number of nitrogens with two attached hydrogens (primary N) is 1. The topological polar surface area (TPSA) is 43.8 Å². The Morgan fingerprint density at radius 2 is 2.12 bits per heavy atom. The molecule has 1 fully saturated rings. The highest BCUT2D eigenvalue weighted by molar-refractivity contribution is 5.08. The zero-order valence-electron chi connectivity index (χ0n) is 10.4. The highest BCUT2D eigenvalue weighted by Crippen LogP contribution is 2.33. The van der Waals surface area contributed by atoms with E-state index in [1.807, 2.05) is 13.1 Å². The minimum absolute atomic E-state index is 0.0979. The van der Waals surface area contributed by atoms with Crippen molar-refractivity contribution in [2.45, 2.75) is 58.0 Å². The Labute approximate surface area is 98.0 Å². The van der Waals surface area contributed by atoms with Crippen LogP contribution in [0.25, 0.3) is 0 Å². The number of aromatic nitrogens is 2. The van der Waals surface area contributed by atoms with E-state index in [9.17, 15) is 0 Å². The van der Waals surface area contributed by atoms with E-state index in [2.05, 4.69) is 22.9 Å². The Kier molecular flexibility index (Phi) is 3.64. The third kappa shape index (κ3) is 2.46. The van der Waals surface area contributed by atoms with Crippen LogP contribution in [-0.4, -0.2) is 9.78 Å². The molecule has 0 saturated heterocycles. The molecule has 2 N–H and O–H groups in total. The lowest BCUT2D eigenvalue weighted by Crippen LogP contribution is -2.18. The molecular formula is C13H23N3. The first-order valence-electron chi connectivity index (χ1n) is 6.50. The predicted molar refractivity (Wildman–Crippen MR) is 66.1 cm³/mol.